The molecule has 0 aliphatic heterocycles. The van der Waals surface area contributed by atoms with Gasteiger partial charge in [-0.3, -0.25) is 0 Å². The molecule has 2 aliphatic rings. The Labute approximate surface area is 212 Å². The standard InChI is InChI=1S/C30H38F4O2/c1-3-35-23-14-11-21(12-15-23)25-17-16-24(28(32)29(25)33)20-8-5-19(6-9-20)7-10-22-13-18-26(36-4-2)30(34)27(22)31/h13,16-21,23H,3-12,14-15H2,1-2H3. The van der Waals surface area contributed by atoms with Crippen LogP contribution in [0.3, 0.4) is 0 Å². The van der Waals surface area contributed by atoms with Crippen molar-refractivity contribution in [2.24, 2.45) is 5.92 Å². The van der Waals surface area contributed by atoms with Crippen molar-refractivity contribution in [1.82, 2.24) is 0 Å². The summed E-state index contributed by atoms with van der Waals surface area (Å²) in [5, 5.41) is 0. The minimum absolute atomic E-state index is 0.00172. The van der Waals surface area contributed by atoms with E-state index in [1.54, 1.807) is 25.1 Å². The normalized spacial score (nSPS) is 24.6. The lowest BCUT2D eigenvalue weighted by Gasteiger charge is -2.31. The Bertz CT molecular complexity index is 1010. The Balaban J connectivity index is 1.31. The second-order valence-electron chi connectivity index (χ2n) is 10.3. The number of hydrogen-bond donors (Lipinski definition) is 0. The minimum atomic E-state index is -0.929. The van der Waals surface area contributed by atoms with Gasteiger partial charge in [-0.2, -0.15) is 4.39 Å². The Kier molecular flexibility index (Phi) is 9.32. The largest absolute Gasteiger partial charge is 0.491 e. The second kappa shape index (κ2) is 12.4. The molecule has 0 bridgehead atoms. The highest BCUT2D eigenvalue weighted by Crippen LogP contribution is 2.41. The Morgan fingerprint density at radius 1 is 0.667 bits per heavy atom. The fraction of sp³-hybridized carbons (Fsp3) is 0.600. The molecule has 0 spiro atoms. The van der Waals surface area contributed by atoms with Crippen LogP contribution < -0.4 is 4.74 Å². The summed E-state index contributed by atoms with van der Waals surface area (Å²) in [6, 6.07) is 6.68. The van der Waals surface area contributed by atoms with Gasteiger partial charge in [0, 0.05) is 6.61 Å². The zero-order valence-electron chi connectivity index (χ0n) is 21.4. The van der Waals surface area contributed by atoms with Crippen molar-refractivity contribution in [2.75, 3.05) is 13.2 Å². The van der Waals surface area contributed by atoms with Crippen molar-refractivity contribution < 1.29 is 27.0 Å². The van der Waals surface area contributed by atoms with Crippen molar-refractivity contribution in [3.05, 3.63) is 64.2 Å². The van der Waals surface area contributed by atoms with Gasteiger partial charge in [0.1, 0.15) is 0 Å². The average molecular weight is 507 g/mol. The third-order valence-electron chi connectivity index (χ3n) is 8.19. The zero-order valence-corrected chi connectivity index (χ0v) is 21.4. The first-order valence-corrected chi connectivity index (χ1v) is 13.6. The van der Waals surface area contributed by atoms with E-state index in [0.717, 1.165) is 57.8 Å². The van der Waals surface area contributed by atoms with Crippen LogP contribution in [0, 0.1) is 29.2 Å². The summed E-state index contributed by atoms with van der Waals surface area (Å²) in [4.78, 5) is 0. The average Bonchev–Trinajstić information content (AvgIpc) is 2.89. The summed E-state index contributed by atoms with van der Waals surface area (Å²) in [6.07, 6.45) is 8.15. The molecule has 0 unspecified atom stereocenters. The van der Waals surface area contributed by atoms with Crippen molar-refractivity contribution in [1.29, 1.82) is 0 Å². The van der Waals surface area contributed by atoms with E-state index in [0.29, 0.717) is 35.6 Å². The molecule has 0 heterocycles. The molecule has 2 aliphatic carbocycles. The van der Waals surface area contributed by atoms with Crippen molar-refractivity contribution in [3.63, 3.8) is 0 Å². The van der Waals surface area contributed by atoms with Crippen LogP contribution in [-0.4, -0.2) is 19.3 Å². The van der Waals surface area contributed by atoms with Gasteiger partial charge in [-0.15, -0.1) is 0 Å². The van der Waals surface area contributed by atoms with E-state index in [2.05, 4.69) is 0 Å². The van der Waals surface area contributed by atoms with Crippen LogP contribution in [0.5, 0.6) is 5.75 Å². The van der Waals surface area contributed by atoms with Gasteiger partial charge in [0.05, 0.1) is 12.7 Å². The van der Waals surface area contributed by atoms with Crippen LogP contribution in [0.4, 0.5) is 17.6 Å². The molecule has 198 valence electrons. The molecule has 36 heavy (non-hydrogen) atoms. The SMILES string of the molecule is CCOc1ccc(CCC2CCC(c3ccc(C4CCC(OCC)CC4)c(F)c3F)CC2)c(F)c1F. The van der Waals surface area contributed by atoms with Crippen LogP contribution >= 0.6 is 0 Å². The van der Waals surface area contributed by atoms with Crippen molar-refractivity contribution in [3.8, 4) is 5.75 Å². The number of hydrogen-bond acceptors (Lipinski definition) is 2. The first-order chi connectivity index (χ1) is 17.4. The van der Waals surface area contributed by atoms with E-state index in [1.807, 2.05) is 6.92 Å². The van der Waals surface area contributed by atoms with Crippen LogP contribution in [0.2, 0.25) is 0 Å². The Hall–Kier alpha value is -2.08. The summed E-state index contributed by atoms with van der Waals surface area (Å²) in [5.41, 5.74) is 1.35. The maximum absolute atomic E-state index is 15.1. The molecular weight excluding hydrogens is 468 g/mol. The quantitative estimate of drug-likeness (QED) is 0.317. The van der Waals surface area contributed by atoms with Gasteiger partial charge in [0.2, 0.25) is 5.82 Å². The van der Waals surface area contributed by atoms with Gasteiger partial charge in [0.25, 0.3) is 0 Å². The predicted octanol–water partition coefficient (Wildman–Crippen LogP) is 8.61. The molecule has 2 aromatic carbocycles. The lowest BCUT2D eigenvalue weighted by molar-refractivity contribution is 0.0325. The molecule has 6 heteroatoms. The van der Waals surface area contributed by atoms with E-state index in [4.69, 9.17) is 9.47 Å². The maximum atomic E-state index is 15.1. The van der Waals surface area contributed by atoms with Gasteiger partial charge in [-0.1, -0.05) is 18.2 Å². The molecule has 2 aromatic rings. The third-order valence-corrected chi connectivity index (χ3v) is 8.19. The van der Waals surface area contributed by atoms with E-state index in [-0.39, 0.29) is 30.3 Å². The smallest absolute Gasteiger partial charge is 0.200 e. The number of aryl methyl sites for hydroxylation is 1. The van der Waals surface area contributed by atoms with Crippen LogP contribution in [0.25, 0.3) is 0 Å². The van der Waals surface area contributed by atoms with Gasteiger partial charge in [-0.25, -0.2) is 13.2 Å². The van der Waals surface area contributed by atoms with Crippen LogP contribution in [0.1, 0.15) is 100 Å². The molecule has 2 nitrogen and oxygen atoms in total. The lowest BCUT2D eigenvalue weighted by atomic mass is 9.76. The van der Waals surface area contributed by atoms with E-state index in [9.17, 15) is 8.78 Å². The molecular formula is C30H38F4O2. The molecule has 0 radical (unpaired) electrons. The summed E-state index contributed by atoms with van der Waals surface area (Å²) in [6.45, 7) is 4.68. The van der Waals surface area contributed by atoms with Crippen LogP contribution in [-0.2, 0) is 11.2 Å². The number of benzene rings is 2. The van der Waals surface area contributed by atoms with Gasteiger partial charge >= 0.3 is 0 Å². The molecule has 0 atom stereocenters. The molecule has 0 saturated heterocycles. The Morgan fingerprint density at radius 3 is 1.81 bits per heavy atom. The predicted molar refractivity (Wildman–Crippen MR) is 134 cm³/mol. The van der Waals surface area contributed by atoms with Crippen molar-refractivity contribution in [2.45, 2.75) is 96.0 Å². The van der Waals surface area contributed by atoms with Gasteiger partial charge in [-0.05, 0) is 119 Å². The molecule has 4 rings (SSSR count). The second-order valence-corrected chi connectivity index (χ2v) is 10.3. The third kappa shape index (κ3) is 6.07. The summed E-state index contributed by atoms with van der Waals surface area (Å²) < 4.78 is 69.6. The van der Waals surface area contributed by atoms with E-state index in [1.165, 1.54) is 6.07 Å². The monoisotopic (exact) mass is 506 g/mol. The summed E-state index contributed by atoms with van der Waals surface area (Å²) in [7, 11) is 0. The first-order valence-electron chi connectivity index (χ1n) is 13.6. The maximum Gasteiger partial charge on any atom is 0.200 e. The highest BCUT2D eigenvalue weighted by Gasteiger charge is 2.30. The fourth-order valence-corrected chi connectivity index (χ4v) is 6.14. The summed E-state index contributed by atoms with van der Waals surface area (Å²) in [5.74, 6) is -2.77. The molecule has 0 N–H and O–H groups in total. The number of rotatable bonds is 9. The number of ether oxygens (including phenoxy) is 2. The first kappa shape index (κ1) is 27.0. The van der Waals surface area contributed by atoms with Gasteiger partial charge in [0.15, 0.2) is 23.2 Å². The molecule has 0 amide bonds. The minimum Gasteiger partial charge on any atom is -0.491 e. The molecule has 2 saturated carbocycles. The van der Waals surface area contributed by atoms with Crippen molar-refractivity contribution >= 4 is 0 Å². The topological polar surface area (TPSA) is 18.5 Å². The Morgan fingerprint density at radius 2 is 1.25 bits per heavy atom. The molecule has 0 aromatic heterocycles. The van der Waals surface area contributed by atoms with Crippen LogP contribution in [0.15, 0.2) is 24.3 Å². The lowest BCUT2D eigenvalue weighted by Crippen LogP contribution is -2.22. The molecule has 2 fully saturated rings. The van der Waals surface area contributed by atoms with E-state index >= 15 is 8.78 Å². The van der Waals surface area contributed by atoms with Gasteiger partial charge < -0.3 is 9.47 Å². The highest BCUT2D eigenvalue weighted by atomic mass is 19.2. The highest BCUT2D eigenvalue weighted by molar-refractivity contribution is 5.33. The van der Waals surface area contributed by atoms with E-state index < -0.39 is 23.3 Å². The fourth-order valence-electron chi connectivity index (χ4n) is 6.14. The zero-order chi connectivity index (χ0) is 25.7. The number of halogens is 4. The summed E-state index contributed by atoms with van der Waals surface area (Å²) >= 11 is 0.